The fraction of sp³-hybridized carbons (Fsp3) is 0.200. The second-order valence-corrected chi connectivity index (χ2v) is 8.29. The lowest BCUT2D eigenvalue weighted by Gasteiger charge is -2.09. The Morgan fingerprint density at radius 1 is 0.941 bits per heavy atom. The van der Waals surface area contributed by atoms with E-state index in [0.29, 0.717) is 23.3 Å². The van der Waals surface area contributed by atoms with E-state index >= 15 is 0 Å². The molecule has 5 heterocycles. The maximum atomic E-state index is 5.33. The van der Waals surface area contributed by atoms with E-state index in [1.54, 1.807) is 30.4 Å². The second kappa shape index (κ2) is 8.86. The van der Waals surface area contributed by atoms with E-state index in [9.17, 15) is 0 Å². The quantitative estimate of drug-likeness (QED) is 0.393. The Kier molecular flexibility index (Phi) is 5.59. The molecule has 0 amide bonds. The zero-order valence-electron chi connectivity index (χ0n) is 19.4. The molecule has 0 aliphatic heterocycles. The number of rotatable bonds is 6. The first-order valence-electron chi connectivity index (χ1n) is 10.9. The summed E-state index contributed by atoms with van der Waals surface area (Å²) in [5.74, 6) is 2.36. The Morgan fingerprint density at radius 3 is 2.65 bits per heavy atom. The van der Waals surface area contributed by atoms with Gasteiger partial charge in [0.05, 0.1) is 30.5 Å². The average Bonchev–Trinajstić information content (AvgIpc) is 3.25. The molecule has 0 spiro atoms. The number of fused-ring (bicyclic) bond motifs is 1. The molecule has 0 unspecified atom stereocenters. The molecule has 5 aromatic heterocycles. The number of anilines is 2. The molecule has 9 heteroatoms. The third kappa shape index (κ3) is 4.27. The van der Waals surface area contributed by atoms with Crippen LogP contribution in [-0.4, -0.2) is 42.0 Å². The molecule has 1 N–H and O–H groups in total. The predicted molar refractivity (Wildman–Crippen MR) is 131 cm³/mol. The molecule has 0 aliphatic carbocycles. The van der Waals surface area contributed by atoms with Crippen molar-refractivity contribution in [2.75, 3.05) is 12.4 Å². The van der Waals surface area contributed by atoms with E-state index in [1.165, 1.54) is 0 Å². The number of nitrogens with one attached hydrogen (secondary N) is 1. The summed E-state index contributed by atoms with van der Waals surface area (Å²) < 4.78 is 7.11. The smallest absolute Gasteiger partial charge is 0.154 e. The van der Waals surface area contributed by atoms with Crippen LogP contribution in [0, 0.1) is 0 Å². The van der Waals surface area contributed by atoms with Crippen LogP contribution in [0.1, 0.15) is 25.3 Å². The predicted octanol–water partition coefficient (Wildman–Crippen LogP) is 4.76. The zero-order valence-corrected chi connectivity index (χ0v) is 19.4. The first kappa shape index (κ1) is 21.4. The number of pyridine rings is 3. The summed E-state index contributed by atoms with van der Waals surface area (Å²) >= 11 is 0. The molecule has 170 valence electrons. The molecular weight excluding hydrogens is 428 g/mol. The summed E-state index contributed by atoms with van der Waals surface area (Å²) in [4.78, 5) is 13.7. The van der Waals surface area contributed by atoms with Crippen molar-refractivity contribution in [3.8, 4) is 28.1 Å². The summed E-state index contributed by atoms with van der Waals surface area (Å²) in [6.45, 7) is 4.24. The number of aromatic nitrogens is 7. The first-order valence-corrected chi connectivity index (χ1v) is 10.9. The van der Waals surface area contributed by atoms with E-state index in [2.05, 4.69) is 44.4 Å². The SMILES string of the molecule is COc1cncc(-c2nn(C)cc2-c2cnc3ccc(Nc4cc(C(C)C)cnn4)nc3c2)c1. The fourth-order valence-corrected chi connectivity index (χ4v) is 3.69. The van der Waals surface area contributed by atoms with Gasteiger partial charge in [0.2, 0.25) is 0 Å². The maximum Gasteiger partial charge on any atom is 0.154 e. The molecule has 5 rings (SSSR count). The zero-order chi connectivity index (χ0) is 23.7. The molecule has 0 aliphatic rings. The highest BCUT2D eigenvalue weighted by atomic mass is 16.5. The van der Waals surface area contributed by atoms with E-state index in [4.69, 9.17) is 9.72 Å². The van der Waals surface area contributed by atoms with Gasteiger partial charge in [-0.2, -0.15) is 10.2 Å². The van der Waals surface area contributed by atoms with Crippen molar-refractivity contribution in [3.63, 3.8) is 0 Å². The minimum absolute atomic E-state index is 0.362. The minimum Gasteiger partial charge on any atom is -0.495 e. The second-order valence-electron chi connectivity index (χ2n) is 8.29. The van der Waals surface area contributed by atoms with Gasteiger partial charge in [-0.15, -0.1) is 5.10 Å². The molecule has 0 radical (unpaired) electrons. The van der Waals surface area contributed by atoms with Crippen LogP contribution in [0.5, 0.6) is 5.75 Å². The van der Waals surface area contributed by atoms with Crippen LogP contribution in [-0.2, 0) is 7.05 Å². The van der Waals surface area contributed by atoms with Gasteiger partial charge in [-0.05, 0) is 41.8 Å². The molecule has 0 aromatic carbocycles. The molecular formula is C25H24N8O. The number of hydrogen-bond acceptors (Lipinski definition) is 8. The lowest BCUT2D eigenvalue weighted by atomic mass is 10.0. The number of methoxy groups -OCH3 is 1. The topological polar surface area (TPSA) is 104 Å². The fourth-order valence-electron chi connectivity index (χ4n) is 3.69. The van der Waals surface area contributed by atoms with Crippen molar-refractivity contribution < 1.29 is 4.74 Å². The summed E-state index contributed by atoms with van der Waals surface area (Å²) in [7, 11) is 3.51. The highest BCUT2D eigenvalue weighted by Gasteiger charge is 2.15. The van der Waals surface area contributed by atoms with Gasteiger partial charge >= 0.3 is 0 Å². The van der Waals surface area contributed by atoms with Crippen molar-refractivity contribution in [3.05, 3.63) is 66.9 Å². The number of ether oxygens (including phenoxy) is 1. The van der Waals surface area contributed by atoms with Gasteiger partial charge in [0.25, 0.3) is 0 Å². The van der Waals surface area contributed by atoms with Gasteiger partial charge in [0, 0.05) is 42.3 Å². The molecule has 0 bridgehead atoms. The van der Waals surface area contributed by atoms with Crippen molar-refractivity contribution in [1.82, 2.24) is 34.9 Å². The molecule has 5 aromatic rings. The van der Waals surface area contributed by atoms with Gasteiger partial charge in [0.15, 0.2) is 5.82 Å². The van der Waals surface area contributed by atoms with Crippen molar-refractivity contribution in [2.45, 2.75) is 19.8 Å². The largest absolute Gasteiger partial charge is 0.495 e. The van der Waals surface area contributed by atoms with Gasteiger partial charge in [-0.1, -0.05) is 13.8 Å². The Labute approximate surface area is 196 Å². The number of aryl methyl sites for hydroxylation is 1. The molecule has 34 heavy (non-hydrogen) atoms. The van der Waals surface area contributed by atoms with Gasteiger partial charge in [-0.25, -0.2) is 4.98 Å². The van der Waals surface area contributed by atoms with E-state index in [-0.39, 0.29) is 0 Å². The highest BCUT2D eigenvalue weighted by molar-refractivity contribution is 5.86. The van der Waals surface area contributed by atoms with Gasteiger partial charge in [0.1, 0.15) is 17.3 Å². The molecule has 0 fully saturated rings. The Bertz CT molecular complexity index is 1480. The standard InChI is InChI=1S/C25H24N8O/c1-15(2)16-9-24(31-28-12-16)30-23-6-5-21-22(29-23)8-17(11-27-21)20-14-33(3)32-25(20)18-7-19(34-4)13-26-10-18/h5-15H,1-4H3,(H,29,30,31). The Morgan fingerprint density at radius 2 is 1.82 bits per heavy atom. The van der Waals surface area contributed by atoms with Crippen LogP contribution in [0.2, 0.25) is 0 Å². The van der Waals surface area contributed by atoms with E-state index < -0.39 is 0 Å². The van der Waals surface area contributed by atoms with Crippen LogP contribution in [0.25, 0.3) is 33.4 Å². The van der Waals surface area contributed by atoms with E-state index in [1.807, 2.05) is 49.8 Å². The van der Waals surface area contributed by atoms with Crippen LogP contribution in [0.3, 0.4) is 0 Å². The normalized spacial score (nSPS) is 11.2. The Balaban J connectivity index is 1.52. The van der Waals surface area contributed by atoms with Crippen molar-refractivity contribution in [1.29, 1.82) is 0 Å². The van der Waals surface area contributed by atoms with Crippen LogP contribution >= 0.6 is 0 Å². The number of nitrogens with zero attached hydrogens (tertiary/aromatic N) is 7. The lowest BCUT2D eigenvalue weighted by molar-refractivity contribution is 0.413. The van der Waals surface area contributed by atoms with Crippen LogP contribution in [0.4, 0.5) is 11.6 Å². The van der Waals surface area contributed by atoms with Crippen molar-refractivity contribution >= 4 is 22.7 Å². The molecule has 0 atom stereocenters. The van der Waals surface area contributed by atoms with E-state index in [0.717, 1.165) is 39.0 Å². The first-order chi connectivity index (χ1) is 16.5. The Hall–Kier alpha value is -4.40. The monoisotopic (exact) mass is 452 g/mol. The molecule has 0 saturated carbocycles. The summed E-state index contributed by atoms with van der Waals surface area (Å²) in [5, 5.41) is 16.2. The van der Waals surface area contributed by atoms with Crippen LogP contribution < -0.4 is 10.1 Å². The summed E-state index contributed by atoms with van der Waals surface area (Å²) in [5.41, 5.74) is 6.16. The third-order valence-electron chi connectivity index (χ3n) is 5.50. The highest BCUT2D eigenvalue weighted by Crippen LogP contribution is 2.33. The average molecular weight is 453 g/mol. The summed E-state index contributed by atoms with van der Waals surface area (Å²) in [6, 6.07) is 9.74. The maximum absolute atomic E-state index is 5.33. The summed E-state index contributed by atoms with van der Waals surface area (Å²) in [6.07, 6.45) is 9.03. The lowest BCUT2D eigenvalue weighted by Crippen LogP contribution is -2.00. The minimum atomic E-state index is 0.362. The van der Waals surface area contributed by atoms with Crippen LogP contribution in [0.15, 0.2) is 61.3 Å². The number of hydrogen-bond donors (Lipinski definition) is 1. The van der Waals surface area contributed by atoms with Crippen molar-refractivity contribution in [2.24, 2.45) is 7.05 Å². The third-order valence-corrected chi connectivity index (χ3v) is 5.50. The van der Waals surface area contributed by atoms with Gasteiger partial charge < -0.3 is 10.1 Å². The van der Waals surface area contributed by atoms with Gasteiger partial charge in [-0.3, -0.25) is 14.6 Å². The molecule has 9 nitrogen and oxygen atoms in total. The molecule has 0 saturated heterocycles.